The fourth-order valence-corrected chi connectivity index (χ4v) is 7.78. The van der Waals surface area contributed by atoms with Crippen LogP contribution in [0.2, 0.25) is 0 Å². The number of phosphoric acid groups is 2. The second-order valence-electron chi connectivity index (χ2n) is 15.1. The van der Waals surface area contributed by atoms with E-state index in [9.17, 15) is 56.9 Å². The highest BCUT2D eigenvalue weighted by Crippen LogP contribution is 2.50. The molecule has 5 rings (SSSR count). The van der Waals surface area contributed by atoms with Gasteiger partial charge in [0.25, 0.3) is 0 Å². The quantitative estimate of drug-likeness (QED) is 0.0267. The molecule has 0 spiro atoms. The van der Waals surface area contributed by atoms with E-state index >= 15 is 0 Å². The summed E-state index contributed by atoms with van der Waals surface area (Å²) < 4.78 is 87.9. The number of esters is 1. The van der Waals surface area contributed by atoms with Gasteiger partial charge >= 0.3 is 43.2 Å². The first-order valence-corrected chi connectivity index (χ1v) is 23.0. The van der Waals surface area contributed by atoms with Gasteiger partial charge < -0.3 is 60.8 Å². The molecule has 10 N–H and O–H groups in total. The van der Waals surface area contributed by atoms with E-state index in [1.807, 2.05) is 5.32 Å². The molecule has 2 saturated heterocycles. The number of alkyl halides is 3. The summed E-state index contributed by atoms with van der Waals surface area (Å²) in [5, 5.41) is 16.1. The number of anilines is 2. The van der Waals surface area contributed by atoms with Crippen molar-refractivity contribution in [3.63, 3.8) is 0 Å². The Morgan fingerprint density at radius 2 is 1.75 bits per heavy atom. The second-order valence-corrected chi connectivity index (χ2v) is 19.1. The van der Waals surface area contributed by atoms with Gasteiger partial charge in [0, 0.05) is 41.8 Å². The maximum Gasteiger partial charge on any atom is 0.472 e. The molecule has 0 aliphatic carbocycles. The summed E-state index contributed by atoms with van der Waals surface area (Å²) in [5.41, 5.74) is 9.69. The lowest BCUT2D eigenvalue weighted by Crippen LogP contribution is -2.47. The van der Waals surface area contributed by atoms with Gasteiger partial charge in [-0.1, -0.05) is 0 Å². The van der Waals surface area contributed by atoms with Crippen molar-refractivity contribution in [3.8, 4) is 0 Å². The van der Waals surface area contributed by atoms with Gasteiger partial charge in [0.05, 0.1) is 19.5 Å². The number of hydrogen-bond acceptors (Lipinski definition) is 20. The molecule has 2 amide bonds. The fraction of sp³-hybridized carbons (Fsp3) is 0.625. The maximum absolute atomic E-state index is 13.9. The van der Waals surface area contributed by atoms with Gasteiger partial charge in [0.2, 0.25) is 0 Å². The number of nitrogens with two attached hydrogens (primary N) is 2. The summed E-state index contributed by atoms with van der Waals surface area (Å²) >= 11 is 0.665. The zero-order chi connectivity index (χ0) is 47.4. The Labute approximate surface area is 373 Å². The van der Waals surface area contributed by atoms with Crippen LogP contribution < -0.4 is 27.8 Å². The molecule has 0 radical (unpaired) electrons. The van der Waals surface area contributed by atoms with Gasteiger partial charge in [0.15, 0.2) is 23.8 Å². The Balaban J connectivity index is 1.36. The van der Waals surface area contributed by atoms with E-state index in [0.29, 0.717) is 22.6 Å². The number of carbonyl (C=O) groups excluding carboxylic acids is 3. The lowest BCUT2D eigenvalue weighted by Gasteiger charge is -2.26. The minimum atomic E-state index is -5.30. The Morgan fingerprint density at radius 1 is 1.05 bits per heavy atom. The molecular formula is C32H45F2IN10O17P2. The van der Waals surface area contributed by atoms with Crippen LogP contribution in [0.4, 0.5) is 25.2 Å². The minimum Gasteiger partial charge on any atom is -0.455 e. The number of aliphatic hydroxyl groups is 1. The number of aliphatic hydroxyl groups excluding tert-OH is 1. The van der Waals surface area contributed by atoms with Gasteiger partial charge in [-0.3, -0.25) is 27.5 Å². The van der Waals surface area contributed by atoms with Crippen molar-refractivity contribution < 1.29 is 84.6 Å². The number of aromatic nitrogens is 6. The second kappa shape index (κ2) is 20.6. The Kier molecular flexibility index (Phi) is 16.4. The van der Waals surface area contributed by atoms with Crippen molar-refractivity contribution in [2.75, 3.05) is 31.2 Å². The molecule has 0 saturated carbocycles. The molecule has 9 atom stereocenters. The number of halogens is 3. The smallest absolute Gasteiger partial charge is 0.455 e. The third-order valence-corrected chi connectivity index (χ3v) is 11.1. The number of amides is 2. The molecule has 3 aromatic heterocycles. The molecule has 27 nitrogen and oxygen atoms in total. The van der Waals surface area contributed by atoms with Crippen molar-refractivity contribution in [2.45, 2.75) is 105 Å². The number of ether oxygens (including phenoxy) is 4. The highest BCUT2D eigenvalue weighted by Gasteiger charge is 2.50. The fourth-order valence-electron chi connectivity index (χ4n) is 6.29. The van der Waals surface area contributed by atoms with Crippen LogP contribution in [0.1, 0.15) is 58.9 Å². The number of hydrogen-bond donors (Lipinski definition) is 8. The SMILES string of the molecule is CC(C)(C)OC(=O)N[C@@H](CCCCNC(=O)C(F)(F)I)C(=O)O[C@H]1[C@@H](O)[C@H](n2cnc3c(N)ncnc32)O[C@@H]1COP(=O)(O)O[C@H]1C[C@H](n2ccc(N)nc2=O)O[C@@H]1COP(=O)(O)O. The van der Waals surface area contributed by atoms with Gasteiger partial charge in [0.1, 0.15) is 59.9 Å². The summed E-state index contributed by atoms with van der Waals surface area (Å²) in [6, 6.07) is -0.276. The minimum absolute atomic E-state index is 0.0451. The predicted molar refractivity (Wildman–Crippen MR) is 219 cm³/mol. The molecular weight excluding hydrogens is 1020 g/mol. The number of rotatable bonds is 19. The summed E-state index contributed by atoms with van der Waals surface area (Å²) in [6.07, 6.45) is -9.12. The highest BCUT2D eigenvalue weighted by atomic mass is 127. The van der Waals surface area contributed by atoms with E-state index in [1.165, 1.54) is 23.2 Å². The average Bonchev–Trinajstić information content (AvgIpc) is 3.86. The van der Waals surface area contributed by atoms with Crippen LogP contribution in [-0.2, 0) is 51.2 Å². The van der Waals surface area contributed by atoms with E-state index in [2.05, 4.69) is 29.8 Å². The van der Waals surface area contributed by atoms with Crippen molar-refractivity contribution >= 4 is 79.0 Å². The zero-order valence-corrected chi connectivity index (χ0v) is 37.8. The van der Waals surface area contributed by atoms with Crippen LogP contribution in [0.15, 0.2) is 29.7 Å². The number of carbonyl (C=O) groups is 3. The Bertz CT molecular complexity index is 2310. The van der Waals surface area contributed by atoms with Gasteiger partial charge in [-0.05, 0) is 46.1 Å². The predicted octanol–water partition coefficient (Wildman–Crippen LogP) is 0.524. The maximum atomic E-state index is 13.9. The molecule has 0 bridgehead atoms. The highest BCUT2D eigenvalue weighted by molar-refractivity contribution is 14.1. The molecule has 2 fully saturated rings. The van der Waals surface area contributed by atoms with E-state index in [-0.39, 0.29) is 48.6 Å². The molecule has 1 unspecified atom stereocenters. The van der Waals surface area contributed by atoms with E-state index in [4.69, 9.17) is 39.5 Å². The molecule has 2 aliphatic rings. The first-order chi connectivity index (χ1) is 29.7. The van der Waals surface area contributed by atoms with Crippen molar-refractivity contribution in [1.29, 1.82) is 0 Å². The topological polar surface area (TPSA) is 385 Å². The van der Waals surface area contributed by atoms with Crippen molar-refractivity contribution in [2.24, 2.45) is 0 Å². The molecule has 0 aromatic carbocycles. The number of nitrogens with zero attached hydrogens (tertiary/aromatic N) is 6. The Hall–Kier alpha value is -4.07. The molecule has 356 valence electrons. The molecule has 2 aliphatic heterocycles. The summed E-state index contributed by atoms with van der Waals surface area (Å²) in [7, 11) is -10.4. The van der Waals surface area contributed by atoms with E-state index in [1.54, 1.807) is 20.8 Å². The number of phosphoric ester groups is 2. The number of imidazole rings is 1. The van der Waals surface area contributed by atoms with Crippen LogP contribution in [0.5, 0.6) is 0 Å². The largest absolute Gasteiger partial charge is 0.472 e. The normalized spacial score (nSPS) is 24.2. The first kappa shape index (κ1) is 50.9. The zero-order valence-electron chi connectivity index (χ0n) is 33.8. The number of alkyl carbamates (subject to hydrolysis) is 1. The lowest BCUT2D eigenvalue weighted by atomic mass is 10.1. The van der Waals surface area contributed by atoms with Crippen LogP contribution in [0.25, 0.3) is 11.2 Å². The molecule has 64 heavy (non-hydrogen) atoms. The van der Waals surface area contributed by atoms with Crippen LogP contribution in [0.3, 0.4) is 0 Å². The summed E-state index contributed by atoms with van der Waals surface area (Å²) in [4.78, 5) is 96.0. The van der Waals surface area contributed by atoms with Crippen LogP contribution in [-0.4, -0.2) is 133 Å². The summed E-state index contributed by atoms with van der Waals surface area (Å²) in [5.74, 6) is -2.90. The van der Waals surface area contributed by atoms with Crippen LogP contribution >= 0.6 is 38.2 Å². The van der Waals surface area contributed by atoms with Crippen LogP contribution in [0, 0.1) is 0 Å². The van der Waals surface area contributed by atoms with Gasteiger partial charge in [-0.2, -0.15) is 13.8 Å². The summed E-state index contributed by atoms with van der Waals surface area (Å²) in [6.45, 7) is 2.57. The number of nitrogen functional groups attached to an aromatic ring is 2. The molecule has 3 aromatic rings. The van der Waals surface area contributed by atoms with Crippen molar-refractivity contribution in [3.05, 3.63) is 35.4 Å². The third kappa shape index (κ3) is 14.0. The van der Waals surface area contributed by atoms with E-state index < -0.39 is 117 Å². The third-order valence-electron chi connectivity index (χ3n) is 9.08. The van der Waals surface area contributed by atoms with E-state index in [0.717, 1.165) is 10.9 Å². The Morgan fingerprint density at radius 3 is 2.41 bits per heavy atom. The lowest BCUT2D eigenvalue weighted by molar-refractivity contribution is -0.159. The average molecular weight is 1070 g/mol. The number of nitrogens with one attached hydrogen (secondary N) is 2. The van der Waals surface area contributed by atoms with Gasteiger partial charge in [-0.15, -0.1) is 0 Å². The number of fused-ring (bicyclic) bond motifs is 1. The van der Waals surface area contributed by atoms with Gasteiger partial charge in [-0.25, -0.2) is 38.5 Å². The molecule has 32 heteroatoms. The first-order valence-electron chi connectivity index (χ1n) is 18.9. The molecule has 5 heterocycles. The monoisotopic (exact) mass is 1070 g/mol. The number of unbranched alkanes of at least 4 members (excludes halogenated alkanes) is 1. The van der Waals surface area contributed by atoms with Crippen molar-refractivity contribution in [1.82, 2.24) is 39.7 Å². The standard InChI is InChI=1S/C32H45F2IN10O17P2/c1-31(2,3)61-30(50)42-15(6-4-5-8-38-28(48)32(33,34)35)27(47)60-23-18(59-26(22(23)46)45-14-41-21-24(37)39-13-40-25(21)45)12-57-64(54,55)62-16-10-20(44-9-7-19(36)43-29(44)49)58-17(16)11-56-63(51,52)53/h7,9,13-18,20,22-23,26,46H,4-6,8,10-12H2,1-3H3,(H,38,48)(H,42,50)(H,54,55)(H2,36,43,49)(H2,37,39,40)(H2,51,52,53)/t15-,16-,17+,18+,20+,22+,23+,26+/m0/s1.